The summed E-state index contributed by atoms with van der Waals surface area (Å²) < 4.78 is 37.3. The van der Waals surface area contributed by atoms with Crippen LogP contribution in [0.5, 0.6) is 23.0 Å². The van der Waals surface area contributed by atoms with Gasteiger partial charge in [-0.25, -0.2) is 9.82 Å². The number of ether oxygens (including phenoxy) is 4. The van der Waals surface area contributed by atoms with Crippen LogP contribution in [0.1, 0.15) is 41.8 Å². The molecule has 0 spiro atoms. The zero-order valence-corrected chi connectivity index (χ0v) is 22.5. The van der Waals surface area contributed by atoms with Crippen LogP contribution in [0.2, 0.25) is 0 Å². The summed E-state index contributed by atoms with van der Waals surface area (Å²) in [7, 11) is 1.52. The molecule has 3 aromatic carbocycles. The Bertz CT molecular complexity index is 1220. The fraction of sp³-hybridized carbons (Fsp3) is 0.259. The summed E-state index contributed by atoms with van der Waals surface area (Å²) in [4.78, 5) is 12.6. The topological polar surface area (TPSA) is 78.4 Å². The highest BCUT2D eigenvalue weighted by Crippen LogP contribution is 2.34. The van der Waals surface area contributed by atoms with Crippen molar-refractivity contribution in [2.45, 2.75) is 26.9 Å². The molecule has 0 saturated heterocycles. The van der Waals surface area contributed by atoms with Crippen LogP contribution in [-0.4, -0.2) is 32.4 Å². The number of hydrazone groups is 1. The summed E-state index contributed by atoms with van der Waals surface area (Å²) >= 11 is 2.11. The first-order valence-electron chi connectivity index (χ1n) is 11.4. The van der Waals surface area contributed by atoms with E-state index in [0.29, 0.717) is 52.9 Å². The van der Waals surface area contributed by atoms with Gasteiger partial charge in [0.2, 0.25) is 0 Å². The van der Waals surface area contributed by atoms with Gasteiger partial charge in [0.15, 0.2) is 23.0 Å². The maximum Gasteiger partial charge on any atom is 0.271 e. The average molecular weight is 606 g/mol. The second-order valence-electron chi connectivity index (χ2n) is 7.56. The molecule has 0 atom stereocenters. The van der Waals surface area contributed by atoms with E-state index in [4.69, 9.17) is 18.9 Å². The second kappa shape index (κ2) is 13.7. The minimum atomic E-state index is -0.388. The molecule has 7 nitrogen and oxygen atoms in total. The van der Waals surface area contributed by atoms with Crippen LogP contribution in [0.15, 0.2) is 59.7 Å². The van der Waals surface area contributed by atoms with Crippen LogP contribution < -0.4 is 24.4 Å². The first-order valence-corrected chi connectivity index (χ1v) is 12.5. The fourth-order valence-electron chi connectivity index (χ4n) is 3.20. The third-order valence-corrected chi connectivity index (χ3v) is 5.73. The molecular formula is C27H28FIN2O5. The number of hydrogen-bond acceptors (Lipinski definition) is 6. The maximum absolute atomic E-state index is 13.9. The zero-order chi connectivity index (χ0) is 25.9. The Labute approximate surface area is 223 Å². The van der Waals surface area contributed by atoms with Crippen molar-refractivity contribution in [3.63, 3.8) is 0 Å². The molecule has 0 bridgehead atoms. The number of carbonyl (C=O) groups is 1. The molecule has 3 rings (SSSR count). The lowest BCUT2D eigenvalue weighted by Crippen LogP contribution is -2.17. The monoisotopic (exact) mass is 606 g/mol. The third-order valence-electron chi connectivity index (χ3n) is 4.93. The Kier molecular flexibility index (Phi) is 10.3. The summed E-state index contributed by atoms with van der Waals surface area (Å²) in [5.74, 6) is 1.35. The van der Waals surface area contributed by atoms with E-state index in [1.54, 1.807) is 42.5 Å². The van der Waals surface area contributed by atoms with E-state index in [0.717, 1.165) is 9.99 Å². The van der Waals surface area contributed by atoms with E-state index in [1.807, 2.05) is 19.9 Å². The van der Waals surface area contributed by atoms with Crippen LogP contribution in [0, 0.1) is 9.39 Å². The summed E-state index contributed by atoms with van der Waals surface area (Å²) in [6.07, 6.45) is 2.37. The highest BCUT2D eigenvalue weighted by molar-refractivity contribution is 14.1. The van der Waals surface area contributed by atoms with Gasteiger partial charge in [-0.1, -0.05) is 25.1 Å². The molecule has 0 aliphatic rings. The molecular weight excluding hydrogens is 578 g/mol. The van der Waals surface area contributed by atoms with Gasteiger partial charge >= 0.3 is 0 Å². The van der Waals surface area contributed by atoms with E-state index in [-0.39, 0.29) is 18.3 Å². The van der Waals surface area contributed by atoms with Crippen molar-refractivity contribution in [2.75, 3.05) is 20.3 Å². The standard InChI is InChI=1S/C27H28FIN2O5/c1-4-12-35-23-11-10-19(15-24(23)34-5-2)27(32)31-30-16-18-13-22(29)26(25(14-18)33-3)36-17-20-8-6-7-9-21(20)28/h6-11,13-16H,4-5,12,17H2,1-3H3,(H,31,32)/b30-16+. The lowest BCUT2D eigenvalue weighted by molar-refractivity contribution is 0.0954. The number of nitrogens with zero attached hydrogens (tertiary/aromatic N) is 1. The third kappa shape index (κ3) is 7.33. The predicted octanol–water partition coefficient (Wildman–Crippen LogP) is 5.97. The Morgan fingerprint density at radius 3 is 2.56 bits per heavy atom. The van der Waals surface area contributed by atoms with Crippen molar-refractivity contribution < 1.29 is 28.1 Å². The lowest BCUT2D eigenvalue weighted by Gasteiger charge is -2.14. The summed E-state index contributed by atoms with van der Waals surface area (Å²) in [5, 5.41) is 4.07. The number of hydrogen-bond donors (Lipinski definition) is 1. The predicted molar refractivity (Wildman–Crippen MR) is 145 cm³/mol. The van der Waals surface area contributed by atoms with Gasteiger partial charge in [-0.2, -0.15) is 5.10 Å². The van der Waals surface area contributed by atoms with Crippen molar-refractivity contribution in [1.29, 1.82) is 0 Å². The largest absolute Gasteiger partial charge is 0.493 e. The molecule has 0 aliphatic carbocycles. The Morgan fingerprint density at radius 1 is 1.03 bits per heavy atom. The fourth-order valence-corrected chi connectivity index (χ4v) is 3.98. The number of methoxy groups -OCH3 is 1. The lowest BCUT2D eigenvalue weighted by atomic mass is 10.2. The molecule has 0 saturated carbocycles. The number of halogens is 2. The molecule has 0 fully saturated rings. The van der Waals surface area contributed by atoms with Crippen molar-refractivity contribution in [2.24, 2.45) is 5.10 Å². The van der Waals surface area contributed by atoms with E-state index < -0.39 is 0 Å². The number of nitrogens with one attached hydrogen (secondary N) is 1. The SMILES string of the molecule is CCCOc1ccc(C(=O)N/N=C/c2cc(I)c(OCc3ccccc3F)c(OC)c2)cc1OCC. The normalized spacial score (nSPS) is 10.8. The molecule has 0 aliphatic heterocycles. The molecule has 1 N–H and O–H groups in total. The summed E-state index contributed by atoms with van der Waals surface area (Å²) in [5.41, 5.74) is 4.05. The average Bonchev–Trinajstić information content (AvgIpc) is 2.88. The van der Waals surface area contributed by atoms with Gasteiger partial charge in [-0.15, -0.1) is 0 Å². The van der Waals surface area contributed by atoms with Gasteiger partial charge in [0, 0.05) is 11.1 Å². The summed E-state index contributed by atoms with van der Waals surface area (Å²) in [6.45, 7) is 4.96. The first kappa shape index (κ1) is 27.3. The molecule has 0 heterocycles. The van der Waals surface area contributed by atoms with Gasteiger partial charge in [0.1, 0.15) is 12.4 Å². The Morgan fingerprint density at radius 2 is 1.83 bits per heavy atom. The number of rotatable bonds is 12. The van der Waals surface area contributed by atoms with Crippen molar-refractivity contribution >= 4 is 34.7 Å². The number of carbonyl (C=O) groups excluding carboxylic acids is 1. The van der Waals surface area contributed by atoms with Crippen LogP contribution in [0.3, 0.4) is 0 Å². The van der Waals surface area contributed by atoms with Crippen LogP contribution in [0.25, 0.3) is 0 Å². The van der Waals surface area contributed by atoms with Gasteiger partial charge in [-0.3, -0.25) is 4.79 Å². The van der Waals surface area contributed by atoms with Crippen molar-refractivity contribution in [3.05, 3.63) is 80.7 Å². The molecule has 190 valence electrons. The Hall–Kier alpha value is -3.34. The number of benzene rings is 3. The molecule has 0 unspecified atom stereocenters. The molecule has 36 heavy (non-hydrogen) atoms. The van der Waals surface area contributed by atoms with Crippen LogP contribution in [-0.2, 0) is 6.61 Å². The van der Waals surface area contributed by atoms with Crippen molar-refractivity contribution in [1.82, 2.24) is 5.43 Å². The van der Waals surface area contributed by atoms with Crippen LogP contribution in [0.4, 0.5) is 4.39 Å². The van der Waals surface area contributed by atoms with Gasteiger partial charge in [0.25, 0.3) is 5.91 Å². The molecule has 0 aromatic heterocycles. The number of amides is 1. The van der Waals surface area contributed by atoms with E-state index in [9.17, 15) is 9.18 Å². The highest BCUT2D eigenvalue weighted by Gasteiger charge is 2.14. The van der Waals surface area contributed by atoms with Gasteiger partial charge < -0.3 is 18.9 Å². The minimum absolute atomic E-state index is 0.0640. The first-order chi connectivity index (χ1) is 17.5. The van der Waals surface area contributed by atoms with Gasteiger partial charge in [-0.05, 0) is 77.9 Å². The van der Waals surface area contributed by atoms with Gasteiger partial charge in [0.05, 0.1) is 30.1 Å². The van der Waals surface area contributed by atoms with Crippen LogP contribution >= 0.6 is 22.6 Å². The molecule has 0 radical (unpaired) electrons. The Balaban J connectivity index is 1.69. The second-order valence-corrected chi connectivity index (χ2v) is 8.72. The molecule has 9 heteroatoms. The minimum Gasteiger partial charge on any atom is -0.493 e. The maximum atomic E-state index is 13.9. The smallest absolute Gasteiger partial charge is 0.271 e. The zero-order valence-electron chi connectivity index (χ0n) is 20.3. The van der Waals surface area contributed by atoms with E-state index in [2.05, 4.69) is 33.1 Å². The van der Waals surface area contributed by atoms with E-state index in [1.165, 1.54) is 19.4 Å². The van der Waals surface area contributed by atoms with E-state index >= 15 is 0 Å². The highest BCUT2D eigenvalue weighted by atomic mass is 127. The van der Waals surface area contributed by atoms with Crippen molar-refractivity contribution in [3.8, 4) is 23.0 Å². The summed E-state index contributed by atoms with van der Waals surface area (Å²) in [6, 6.07) is 15.0. The molecule has 3 aromatic rings. The quantitative estimate of drug-likeness (QED) is 0.156. The molecule has 1 amide bonds.